The number of aromatic nitrogens is 4. The highest BCUT2D eigenvalue weighted by atomic mass is 19.1. The normalized spacial score (nSPS) is 19.5. The Balaban J connectivity index is 1.26. The summed E-state index contributed by atoms with van der Waals surface area (Å²) in [6.07, 6.45) is 11.0. The quantitative estimate of drug-likeness (QED) is 0.329. The van der Waals surface area contributed by atoms with Crippen molar-refractivity contribution in [2.75, 3.05) is 4.90 Å². The van der Waals surface area contributed by atoms with Gasteiger partial charge >= 0.3 is 0 Å². The van der Waals surface area contributed by atoms with Crippen LogP contribution in [0.2, 0.25) is 0 Å². The summed E-state index contributed by atoms with van der Waals surface area (Å²) in [5.41, 5.74) is 6.51. The second kappa shape index (κ2) is 7.35. The lowest BCUT2D eigenvalue weighted by Gasteiger charge is -2.23. The zero-order valence-electron chi connectivity index (χ0n) is 18.9. The fourth-order valence-corrected chi connectivity index (χ4v) is 5.90. The molecule has 0 saturated carbocycles. The molecule has 0 aliphatic carbocycles. The lowest BCUT2D eigenvalue weighted by molar-refractivity contribution is 0.576. The van der Waals surface area contributed by atoms with Gasteiger partial charge in [-0.2, -0.15) is 0 Å². The van der Waals surface area contributed by atoms with Crippen LogP contribution in [-0.2, 0) is 0 Å². The molecule has 0 N–H and O–H groups in total. The van der Waals surface area contributed by atoms with E-state index in [1.807, 2.05) is 36.0 Å². The largest absolute Gasteiger partial charge is 0.351 e. The van der Waals surface area contributed by atoms with E-state index in [9.17, 15) is 4.39 Å². The van der Waals surface area contributed by atoms with Gasteiger partial charge in [-0.1, -0.05) is 0 Å². The molecule has 2 saturated heterocycles. The van der Waals surface area contributed by atoms with Crippen LogP contribution < -0.4 is 4.90 Å². The van der Waals surface area contributed by atoms with Gasteiger partial charge in [0.1, 0.15) is 17.3 Å². The first-order chi connectivity index (χ1) is 16.6. The van der Waals surface area contributed by atoms with E-state index in [-0.39, 0.29) is 5.82 Å². The molecule has 7 rings (SSSR count). The molecule has 5 nitrogen and oxygen atoms in total. The Hall–Kier alpha value is -3.80. The summed E-state index contributed by atoms with van der Waals surface area (Å²) < 4.78 is 16.1. The summed E-state index contributed by atoms with van der Waals surface area (Å²) >= 11 is 0. The Kier molecular flexibility index (Phi) is 4.25. The van der Waals surface area contributed by atoms with Gasteiger partial charge in [-0.05, 0) is 86.7 Å². The first kappa shape index (κ1) is 19.6. The number of pyridine rings is 3. The maximum atomic E-state index is 14.0. The number of benzene rings is 1. The summed E-state index contributed by atoms with van der Waals surface area (Å²) in [5, 5.41) is 0.784. The van der Waals surface area contributed by atoms with Crippen molar-refractivity contribution in [3.8, 4) is 22.4 Å². The third-order valence-electron chi connectivity index (χ3n) is 7.49. The molecular formula is C28H24FN5. The molecule has 0 spiro atoms. The molecule has 6 heteroatoms. The van der Waals surface area contributed by atoms with Crippen LogP contribution in [-0.4, -0.2) is 31.4 Å². The van der Waals surface area contributed by atoms with Crippen LogP contribution in [0.5, 0.6) is 0 Å². The van der Waals surface area contributed by atoms with Gasteiger partial charge in [-0.3, -0.25) is 9.38 Å². The lowest BCUT2D eigenvalue weighted by Crippen LogP contribution is -2.28. The second-order valence-electron chi connectivity index (χ2n) is 9.53. The molecule has 2 fully saturated rings. The molecule has 0 unspecified atom stereocenters. The Morgan fingerprint density at radius 1 is 0.853 bits per heavy atom. The summed E-state index contributed by atoms with van der Waals surface area (Å²) in [6, 6.07) is 16.6. The number of hydrogen-bond acceptors (Lipinski definition) is 4. The molecule has 2 bridgehead atoms. The molecule has 5 aromatic rings. The minimum absolute atomic E-state index is 0.270. The van der Waals surface area contributed by atoms with E-state index in [1.54, 1.807) is 12.1 Å². The van der Waals surface area contributed by atoms with Crippen molar-refractivity contribution in [2.45, 2.75) is 44.7 Å². The van der Waals surface area contributed by atoms with Crippen LogP contribution in [0.1, 0.15) is 31.4 Å². The summed E-state index contributed by atoms with van der Waals surface area (Å²) in [5.74, 6) is 0.832. The van der Waals surface area contributed by atoms with Crippen LogP contribution in [0.3, 0.4) is 0 Å². The number of hydrogen-bond donors (Lipinski definition) is 0. The van der Waals surface area contributed by atoms with Gasteiger partial charge in [0, 0.05) is 46.7 Å². The molecule has 6 heterocycles. The van der Waals surface area contributed by atoms with Crippen molar-refractivity contribution in [1.82, 2.24) is 19.4 Å². The lowest BCUT2D eigenvalue weighted by atomic mass is 10.0. The van der Waals surface area contributed by atoms with Crippen LogP contribution in [0, 0.1) is 12.7 Å². The van der Waals surface area contributed by atoms with Crippen molar-refractivity contribution >= 4 is 22.4 Å². The molecular weight excluding hydrogens is 425 g/mol. The minimum Gasteiger partial charge on any atom is -0.351 e. The van der Waals surface area contributed by atoms with Gasteiger partial charge in [-0.25, -0.2) is 14.4 Å². The highest BCUT2D eigenvalue weighted by Crippen LogP contribution is 2.40. The van der Waals surface area contributed by atoms with E-state index >= 15 is 0 Å². The third kappa shape index (κ3) is 3.01. The van der Waals surface area contributed by atoms with Crippen molar-refractivity contribution in [2.24, 2.45) is 0 Å². The van der Waals surface area contributed by atoms with Crippen molar-refractivity contribution < 1.29 is 4.39 Å². The van der Waals surface area contributed by atoms with Gasteiger partial charge in [0.25, 0.3) is 0 Å². The van der Waals surface area contributed by atoms with Crippen molar-refractivity contribution in [3.63, 3.8) is 0 Å². The van der Waals surface area contributed by atoms with E-state index in [2.05, 4.69) is 39.1 Å². The standard InChI is InChI=1S/C28H24FN5/c1-17-12-24(23-14-20(29)3-8-25(23)32-17)26-16-31-28-13-18(10-11-33(26)28)19-2-9-27(30-15-19)34-21-4-5-22(34)7-6-21/h2-3,8-16,21-22H,4-7H2,1H3/t21-,22+. The fourth-order valence-electron chi connectivity index (χ4n) is 5.90. The predicted octanol–water partition coefficient (Wildman–Crippen LogP) is 6.19. The van der Waals surface area contributed by atoms with Crippen LogP contribution >= 0.6 is 0 Å². The average molecular weight is 450 g/mol. The summed E-state index contributed by atoms with van der Waals surface area (Å²) in [6.45, 7) is 1.96. The number of rotatable bonds is 3. The average Bonchev–Trinajstić information content (AvgIpc) is 3.58. The van der Waals surface area contributed by atoms with Gasteiger partial charge in [0.05, 0.1) is 17.4 Å². The summed E-state index contributed by atoms with van der Waals surface area (Å²) in [7, 11) is 0. The van der Waals surface area contributed by atoms with Crippen molar-refractivity contribution in [1.29, 1.82) is 0 Å². The van der Waals surface area contributed by atoms with Gasteiger partial charge < -0.3 is 4.90 Å². The number of fused-ring (bicyclic) bond motifs is 4. The zero-order valence-corrected chi connectivity index (χ0v) is 18.9. The Labute approximate surface area is 196 Å². The Morgan fingerprint density at radius 2 is 1.68 bits per heavy atom. The number of anilines is 1. The molecule has 2 aliphatic rings. The third-order valence-corrected chi connectivity index (χ3v) is 7.49. The first-order valence-corrected chi connectivity index (χ1v) is 11.9. The number of halogens is 1. The van der Waals surface area contributed by atoms with E-state index < -0.39 is 0 Å². The number of aryl methyl sites for hydroxylation is 1. The second-order valence-corrected chi connectivity index (χ2v) is 9.53. The minimum atomic E-state index is -0.270. The molecule has 2 aliphatic heterocycles. The highest BCUT2D eigenvalue weighted by Gasteiger charge is 2.39. The van der Waals surface area contributed by atoms with Gasteiger partial charge in [0.15, 0.2) is 0 Å². The molecule has 1 aromatic carbocycles. The molecule has 0 radical (unpaired) electrons. The molecule has 4 aromatic heterocycles. The van der Waals surface area contributed by atoms with E-state index in [1.165, 1.54) is 31.7 Å². The topological polar surface area (TPSA) is 46.3 Å². The molecule has 0 amide bonds. The Morgan fingerprint density at radius 3 is 2.44 bits per heavy atom. The number of nitrogens with zero attached hydrogens (tertiary/aromatic N) is 5. The highest BCUT2D eigenvalue weighted by molar-refractivity contribution is 5.94. The first-order valence-electron chi connectivity index (χ1n) is 11.9. The maximum absolute atomic E-state index is 14.0. The van der Waals surface area contributed by atoms with Crippen LogP contribution in [0.25, 0.3) is 38.9 Å². The smallest absolute Gasteiger partial charge is 0.137 e. The molecule has 34 heavy (non-hydrogen) atoms. The maximum Gasteiger partial charge on any atom is 0.137 e. The predicted molar refractivity (Wildman–Crippen MR) is 132 cm³/mol. The van der Waals surface area contributed by atoms with Gasteiger partial charge in [0.2, 0.25) is 0 Å². The zero-order chi connectivity index (χ0) is 22.8. The fraction of sp³-hybridized carbons (Fsp3) is 0.250. The van der Waals surface area contributed by atoms with Crippen LogP contribution in [0.15, 0.2) is 67.1 Å². The monoisotopic (exact) mass is 449 g/mol. The van der Waals surface area contributed by atoms with Gasteiger partial charge in [-0.15, -0.1) is 0 Å². The van der Waals surface area contributed by atoms with E-state index in [4.69, 9.17) is 4.98 Å². The summed E-state index contributed by atoms with van der Waals surface area (Å²) in [4.78, 5) is 16.6. The van der Waals surface area contributed by atoms with Crippen LogP contribution in [0.4, 0.5) is 10.2 Å². The molecule has 168 valence electrons. The number of imidazole rings is 1. The molecule has 0 atom stereocenters. The SMILES string of the molecule is Cc1cc(-c2cnc3cc(-c4ccc(N5[C@H]6CC[C@@H]5CC6)nc4)ccn23)c2cc(F)ccc2n1. The van der Waals surface area contributed by atoms with E-state index in [0.29, 0.717) is 12.1 Å². The van der Waals surface area contributed by atoms with E-state index in [0.717, 1.165) is 50.4 Å². The van der Waals surface area contributed by atoms with Crippen molar-refractivity contribution in [3.05, 3.63) is 78.6 Å². The Bertz CT molecular complexity index is 1540.